The molecule has 5 aliphatic rings. The van der Waals surface area contributed by atoms with E-state index < -0.39 is 0 Å². The molecule has 0 spiro atoms. The van der Waals surface area contributed by atoms with E-state index in [-0.39, 0.29) is 11.6 Å². The van der Waals surface area contributed by atoms with E-state index >= 15 is 0 Å². The molecule has 4 bridgehead atoms. The normalized spacial score (nSPS) is 52.5. The van der Waals surface area contributed by atoms with Crippen LogP contribution in [-0.4, -0.2) is 34.7 Å². The lowest BCUT2D eigenvalue weighted by Crippen LogP contribution is -2.68. The molecule has 4 aliphatic carbocycles. The van der Waals surface area contributed by atoms with Crippen LogP contribution in [0.25, 0.3) is 0 Å². The molecule has 1 heterocycles. The summed E-state index contributed by atoms with van der Waals surface area (Å²) >= 11 is 0. The Morgan fingerprint density at radius 1 is 0.833 bits per heavy atom. The summed E-state index contributed by atoms with van der Waals surface area (Å²) < 4.78 is 0. The van der Waals surface area contributed by atoms with Gasteiger partial charge in [0.2, 0.25) is 0 Å². The topological polar surface area (TPSA) is 23.5 Å². The molecule has 0 amide bonds. The van der Waals surface area contributed by atoms with Crippen LogP contribution < -0.4 is 0 Å². The lowest BCUT2D eigenvalue weighted by atomic mass is 9.51. The van der Waals surface area contributed by atoms with E-state index in [0.29, 0.717) is 5.92 Å². The fourth-order valence-corrected chi connectivity index (χ4v) is 5.93. The molecule has 1 saturated heterocycles. The molecule has 3 atom stereocenters. The molecule has 0 radical (unpaired) electrons. The second-order valence-electron chi connectivity index (χ2n) is 7.56. The minimum Gasteiger partial charge on any atom is -0.391 e. The zero-order valence-electron chi connectivity index (χ0n) is 11.5. The van der Waals surface area contributed by atoms with E-state index in [2.05, 4.69) is 4.90 Å². The first-order chi connectivity index (χ1) is 8.78. The Morgan fingerprint density at radius 2 is 1.44 bits per heavy atom. The average Bonchev–Trinajstić information content (AvgIpc) is 2.64. The number of aliphatic hydroxyl groups is 1. The van der Waals surface area contributed by atoms with E-state index in [9.17, 15) is 5.11 Å². The first-order valence-electron chi connectivity index (χ1n) is 8.21. The quantitative estimate of drug-likeness (QED) is 0.772. The van der Waals surface area contributed by atoms with Crippen molar-refractivity contribution < 1.29 is 5.11 Å². The van der Waals surface area contributed by atoms with Crippen molar-refractivity contribution in [1.82, 2.24) is 4.90 Å². The van der Waals surface area contributed by atoms with E-state index in [1.807, 2.05) is 0 Å². The van der Waals surface area contributed by atoms with Gasteiger partial charge < -0.3 is 5.11 Å². The molecule has 0 aromatic heterocycles. The van der Waals surface area contributed by atoms with Gasteiger partial charge in [0.1, 0.15) is 0 Å². The maximum Gasteiger partial charge on any atom is 0.0752 e. The van der Waals surface area contributed by atoms with Crippen LogP contribution >= 0.6 is 0 Å². The zero-order chi connectivity index (χ0) is 12.2. The van der Waals surface area contributed by atoms with Crippen LogP contribution in [-0.2, 0) is 0 Å². The van der Waals surface area contributed by atoms with E-state index in [0.717, 1.165) is 11.8 Å². The molecule has 1 aliphatic heterocycles. The number of likely N-dealkylation sites (tertiary alicyclic amines) is 1. The lowest BCUT2D eigenvalue weighted by Gasteiger charge is -2.63. The van der Waals surface area contributed by atoms with Crippen molar-refractivity contribution in [3.63, 3.8) is 0 Å². The first kappa shape index (κ1) is 11.7. The first-order valence-corrected chi connectivity index (χ1v) is 8.21. The van der Waals surface area contributed by atoms with Crippen LogP contribution in [0, 0.1) is 17.8 Å². The summed E-state index contributed by atoms with van der Waals surface area (Å²) in [6.45, 7) is 2.51. The van der Waals surface area contributed by atoms with Crippen molar-refractivity contribution in [3.8, 4) is 0 Å². The van der Waals surface area contributed by atoms with Crippen molar-refractivity contribution in [1.29, 1.82) is 0 Å². The predicted octanol–water partition coefficient (Wildman–Crippen LogP) is 2.80. The fraction of sp³-hybridized carbons (Fsp3) is 1.00. The highest BCUT2D eigenvalue weighted by molar-refractivity contribution is 5.12. The summed E-state index contributed by atoms with van der Waals surface area (Å²) in [5, 5.41) is 10.9. The van der Waals surface area contributed by atoms with Crippen LogP contribution in [0.2, 0.25) is 0 Å². The number of rotatable bonds is 1. The lowest BCUT2D eigenvalue weighted by molar-refractivity contribution is -0.172. The standard InChI is InChI=1S/C16H27NO/c18-15-14-8-12-7-13(9-14)11-16(15,10-12)17-5-3-1-2-4-6-17/h12-15,18H,1-11H2. The molecule has 5 fully saturated rings. The van der Waals surface area contributed by atoms with Crippen LogP contribution in [0.15, 0.2) is 0 Å². The smallest absolute Gasteiger partial charge is 0.0752 e. The second-order valence-corrected chi connectivity index (χ2v) is 7.56. The highest BCUT2D eigenvalue weighted by atomic mass is 16.3. The molecular weight excluding hydrogens is 222 g/mol. The average molecular weight is 249 g/mol. The summed E-state index contributed by atoms with van der Waals surface area (Å²) in [4.78, 5) is 2.73. The molecule has 0 aromatic carbocycles. The minimum atomic E-state index is -0.0107. The summed E-state index contributed by atoms with van der Waals surface area (Å²) in [6, 6.07) is 0. The highest BCUT2D eigenvalue weighted by Gasteiger charge is 2.58. The zero-order valence-corrected chi connectivity index (χ0v) is 11.5. The third-order valence-electron chi connectivity index (χ3n) is 6.46. The Morgan fingerprint density at radius 3 is 2.06 bits per heavy atom. The number of hydrogen-bond donors (Lipinski definition) is 1. The Balaban J connectivity index is 1.64. The largest absolute Gasteiger partial charge is 0.391 e. The van der Waals surface area contributed by atoms with Crippen LogP contribution in [0.5, 0.6) is 0 Å². The van der Waals surface area contributed by atoms with Gasteiger partial charge in [-0.3, -0.25) is 4.90 Å². The van der Waals surface area contributed by atoms with E-state index in [1.54, 1.807) is 0 Å². The van der Waals surface area contributed by atoms with Crippen LogP contribution in [0.1, 0.15) is 57.8 Å². The molecule has 0 aromatic rings. The van der Waals surface area contributed by atoms with Gasteiger partial charge in [-0.1, -0.05) is 12.8 Å². The third-order valence-corrected chi connectivity index (χ3v) is 6.46. The van der Waals surface area contributed by atoms with Crippen molar-refractivity contribution >= 4 is 0 Å². The second kappa shape index (κ2) is 4.21. The van der Waals surface area contributed by atoms with Gasteiger partial charge in [-0.05, 0) is 75.8 Å². The van der Waals surface area contributed by atoms with Crippen molar-refractivity contribution in [2.24, 2.45) is 17.8 Å². The maximum atomic E-state index is 10.9. The van der Waals surface area contributed by atoms with Crippen LogP contribution in [0.4, 0.5) is 0 Å². The van der Waals surface area contributed by atoms with Gasteiger partial charge in [0, 0.05) is 5.54 Å². The van der Waals surface area contributed by atoms with Gasteiger partial charge in [-0.2, -0.15) is 0 Å². The van der Waals surface area contributed by atoms with Gasteiger partial charge in [0.15, 0.2) is 0 Å². The Kier molecular flexibility index (Phi) is 2.74. The molecule has 4 saturated carbocycles. The monoisotopic (exact) mass is 249 g/mol. The van der Waals surface area contributed by atoms with Crippen molar-refractivity contribution in [2.45, 2.75) is 69.4 Å². The molecule has 5 rings (SSSR count). The van der Waals surface area contributed by atoms with Gasteiger partial charge in [-0.15, -0.1) is 0 Å². The summed E-state index contributed by atoms with van der Waals surface area (Å²) in [7, 11) is 0. The molecule has 102 valence electrons. The van der Waals surface area contributed by atoms with Crippen molar-refractivity contribution in [2.75, 3.05) is 13.1 Å². The summed E-state index contributed by atoms with van der Waals surface area (Å²) in [5.41, 5.74) is 0.207. The molecule has 3 unspecified atom stereocenters. The van der Waals surface area contributed by atoms with E-state index in [4.69, 9.17) is 0 Å². The summed E-state index contributed by atoms with van der Waals surface area (Å²) in [6.07, 6.45) is 12.2. The SMILES string of the molecule is OC1C2CC3CC(C2)CC1(N1CCCCCC1)C3. The highest BCUT2D eigenvalue weighted by Crippen LogP contribution is 2.58. The third kappa shape index (κ3) is 1.61. The number of nitrogens with zero attached hydrogens (tertiary/aromatic N) is 1. The molecule has 2 nitrogen and oxygen atoms in total. The Hall–Kier alpha value is -0.0800. The summed E-state index contributed by atoms with van der Waals surface area (Å²) in [5.74, 6) is 2.52. The minimum absolute atomic E-state index is 0.0107. The molecule has 1 N–H and O–H groups in total. The molecular formula is C16H27NO. The van der Waals surface area contributed by atoms with Gasteiger partial charge >= 0.3 is 0 Å². The van der Waals surface area contributed by atoms with Gasteiger partial charge in [-0.25, -0.2) is 0 Å². The number of aliphatic hydroxyl groups excluding tert-OH is 1. The van der Waals surface area contributed by atoms with Gasteiger partial charge in [0.05, 0.1) is 6.10 Å². The van der Waals surface area contributed by atoms with Crippen LogP contribution in [0.3, 0.4) is 0 Å². The molecule has 2 heteroatoms. The Labute approximate surface area is 111 Å². The fourth-order valence-electron chi connectivity index (χ4n) is 5.93. The maximum absolute atomic E-state index is 10.9. The van der Waals surface area contributed by atoms with E-state index in [1.165, 1.54) is 70.9 Å². The Bertz CT molecular complexity index is 307. The van der Waals surface area contributed by atoms with Crippen molar-refractivity contribution in [3.05, 3.63) is 0 Å². The van der Waals surface area contributed by atoms with Gasteiger partial charge in [0.25, 0.3) is 0 Å². The predicted molar refractivity (Wildman–Crippen MR) is 72.3 cm³/mol. The molecule has 18 heavy (non-hydrogen) atoms. The number of hydrogen-bond acceptors (Lipinski definition) is 2.